The molecule has 6 aromatic rings. The first kappa shape index (κ1) is 107. The lowest BCUT2D eigenvalue weighted by Gasteiger charge is -2.36. The van der Waals surface area contributed by atoms with E-state index < -0.39 is 241 Å². The summed E-state index contributed by atoms with van der Waals surface area (Å²) in [5.41, 5.74) is 19.9. The molecule has 137 heavy (non-hydrogen) atoms. The predicted molar refractivity (Wildman–Crippen MR) is 505 cm³/mol. The SMILES string of the molecule is CCCC[C@H]1C(=O)N(C)[C@@H](CCCC)C(=O)N[C@@H](CCCNC(=N)N)C(=O)N[C@H](C(=O)NCC(N)=O)CSCC(=O)N[C@@H](Cc2ccc(O)cc2)C(=O)N(C)[C@@H](C)C(=O)N[C@@H](CC(N)=O)C(=O)N2CCC[C@H]2C(=O)N[C@@H](Cc2cccnc2)C(=O)N[C@@H](CC(C)C)C(=O)N2C[C@H](O)CC2C(=O)N[C@@H](Cc2c[nH]c3ccccc23)C(=O)N[C@@H](CO)C(=O)N[C@@H](Cc2c[nH]c3ccccc23)C(=O)N1C. The molecule has 1 unspecified atom stereocenters. The Morgan fingerprint density at radius 3 is 1.67 bits per heavy atom. The van der Waals surface area contributed by atoms with Crippen LogP contribution in [0.4, 0.5) is 0 Å². The number of hydrogen-bond donors (Lipinski definition) is 20. The molecule has 3 aromatic heterocycles. The lowest BCUT2D eigenvalue weighted by molar-refractivity contribution is -0.149. The number of carbonyl (C=O) groups excluding carboxylic acids is 17. The highest BCUT2D eigenvalue weighted by Crippen LogP contribution is 2.28. The van der Waals surface area contributed by atoms with Crippen molar-refractivity contribution in [2.75, 3.05) is 65.4 Å². The Bertz CT molecular complexity index is 5290. The van der Waals surface area contributed by atoms with Gasteiger partial charge in [0.2, 0.25) is 100 Å². The number of amides is 17. The number of aromatic hydroxyl groups is 1. The molecule has 742 valence electrons. The van der Waals surface area contributed by atoms with Crippen molar-refractivity contribution in [3.8, 4) is 5.75 Å². The van der Waals surface area contributed by atoms with Crippen LogP contribution in [0.5, 0.6) is 5.75 Å². The van der Waals surface area contributed by atoms with Gasteiger partial charge < -0.3 is 125 Å². The molecule has 9 rings (SSSR count). The number of thioether (sulfide) groups is 1. The van der Waals surface area contributed by atoms with Gasteiger partial charge in [-0.25, -0.2) is 0 Å². The Balaban J connectivity index is 1.11. The number of nitrogens with one attached hydrogen (secondary N) is 14. The zero-order chi connectivity index (χ0) is 100. The molecule has 17 amide bonds. The first-order valence-corrected chi connectivity index (χ1v) is 47.1. The number of likely N-dealkylation sites (N-methyl/N-ethyl adjacent to an activating group) is 3. The van der Waals surface area contributed by atoms with Crippen LogP contribution in [0.3, 0.4) is 0 Å². The van der Waals surface area contributed by atoms with Crippen molar-refractivity contribution in [2.45, 2.75) is 234 Å². The van der Waals surface area contributed by atoms with Crippen molar-refractivity contribution in [2.24, 2.45) is 23.1 Å². The van der Waals surface area contributed by atoms with E-state index in [1.54, 1.807) is 86.9 Å². The van der Waals surface area contributed by atoms with Gasteiger partial charge in [-0.2, -0.15) is 0 Å². The molecular formula is C93H129N23O20S. The van der Waals surface area contributed by atoms with Crippen molar-refractivity contribution >= 4 is 140 Å². The lowest BCUT2D eigenvalue weighted by Crippen LogP contribution is -2.62. The Hall–Kier alpha value is -13.8. The minimum atomic E-state index is -1.90. The Morgan fingerprint density at radius 2 is 1.07 bits per heavy atom. The number of phenols is 1. The number of guanidine groups is 1. The molecule has 6 heterocycles. The van der Waals surface area contributed by atoms with Crippen LogP contribution in [0.15, 0.2) is 110 Å². The van der Waals surface area contributed by atoms with Crippen LogP contribution in [-0.4, -0.2) is 317 Å². The average Bonchev–Trinajstić information content (AvgIpc) is 1.67. The van der Waals surface area contributed by atoms with Gasteiger partial charge in [0.15, 0.2) is 5.96 Å². The van der Waals surface area contributed by atoms with Gasteiger partial charge in [0.25, 0.3) is 0 Å². The quantitative estimate of drug-likeness (QED) is 0.0155. The number of benzene rings is 3. The molecule has 3 aliphatic rings. The Morgan fingerprint density at radius 1 is 0.540 bits per heavy atom. The maximum absolute atomic E-state index is 15.8. The van der Waals surface area contributed by atoms with Gasteiger partial charge in [-0.1, -0.05) is 108 Å². The molecule has 3 fully saturated rings. The number of pyridine rings is 1. The summed E-state index contributed by atoms with van der Waals surface area (Å²) in [7, 11) is 3.90. The van der Waals surface area contributed by atoms with Crippen molar-refractivity contribution in [3.63, 3.8) is 0 Å². The molecule has 0 saturated carbocycles. The summed E-state index contributed by atoms with van der Waals surface area (Å²) in [5.74, 6) is -18.0. The van der Waals surface area contributed by atoms with E-state index in [0.29, 0.717) is 69.7 Å². The van der Waals surface area contributed by atoms with Crippen LogP contribution in [0.1, 0.15) is 140 Å². The number of aromatic amines is 2. The molecule has 0 spiro atoms. The molecule has 44 heteroatoms. The van der Waals surface area contributed by atoms with E-state index >= 15 is 38.4 Å². The second-order valence-electron chi connectivity index (χ2n) is 35.3. The zero-order valence-corrected chi connectivity index (χ0v) is 79.0. The average molecular weight is 1920 g/mol. The van der Waals surface area contributed by atoms with E-state index in [1.807, 2.05) is 13.8 Å². The standard InChI is InChI=1S/C93H129N23O20S/c1-9-11-26-72-85(129)104-63(25-18-34-99-93(96)97)81(125)111-71(80(124)102-46-77(95)121)49-137-50-78(122)103-67(37-53-29-31-57(118)32-30-53)88(132)112(6)52(5)79(123)107-69(42-76(94)120)90(134)115-35-19-28-73(115)86(130)105-64(38-54-20-17-33-98-43-54)82(126)108-66(36-51(3)4)91(135)116-47-58(119)41-75(116)87(131)106-65(39-55-44-100-61-23-15-13-21-59(55)61)83(127)110-70(48-117)84(128)109-68(40-56-45-101-62-24-16-14-22-60(56)62)89(133)114(8)74(27-12-10-2)92(136)113(72)7/h13-17,20-24,29-33,43-45,51-52,58,63-75,100-101,117-119H,9-12,18-19,25-28,34-42,46-50H2,1-8H3,(H2,94,120)(H2,95,121)(H,102,124)(H,103,122)(H,104,129)(H,105,130)(H,106,131)(H,107,123)(H,108,126)(H,109,128)(H,110,127)(H,111,125)(H4,96,97,99)/t52-,58+,63-,64-,65-,66-,67-,68-,69-,70-,71-,72-,73-,74-,75?/m0/s1. The lowest BCUT2D eigenvalue weighted by atomic mass is 10.00. The van der Waals surface area contributed by atoms with Crippen LogP contribution in [0, 0.1) is 11.3 Å². The number of unbranched alkanes of at least 4 members (excludes halogenated alkanes) is 2. The number of fused-ring (bicyclic) bond motifs is 4. The smallest absolute Gasteiger partial charge is 0.246 e. The Kier molecular flexibility index (Phi) is 40.0. The van der Waals surface area contributed by atoms with Crippen molar-refractivity contribution in [1.29, 1.82) is 5.41 Å². The van der Waals surface area contributed by atoms with E-state index in [4.69, 9.17) is 22.6 Å². The summed E-state index contributed by atoms with van der Waals surface area (Å²) in [4.78, 5) is 267. The van der Waals surface area contributed by atoms with Gasteiger partial charge in [-0.05, 0) is 110 Å². The monoisotopic (exact) mass is 1920 g/mol. The van der Waals surface area contributed by atoms with E-state index in [2.05, 4.69) is 73.4 Å². The number of H-pyrrole nitrogens is 2. The topological polar surface area (TPSA) is 646 Å². The number of nitrogens with two attached hydrogens (primary N) is 3. The summed E-state index contributed by atoms with van der Waals surface area (Å²) in [6.07, 6.45) is 3.89. The fourth-order valence-corrected chi connectivity index (χ4v) is 17.8. The van der Waals surface area contributed by atoms with Gasteiger partial charge in [0.05, 0.1) is 31.4 Å². The molecule has 23 N–H and O–H groups in total. The number of aliphatic hydroxyl groups excluding tert-OH is 2. The number of carbonyl (C=O) groups is 17. The second kappa shape index (κ2) is 51.2. The van der Waals surface area contributed by atoms with E-state index in [-0.39, 0.29) is 95.4 Å². The van der Waals surface area contributed by atoms with E-state index in [0.717, 1.165) is 36.3 Å². The zero-order valence-electron chi connectivity index (χ0n) is 78.2. The van der Waals surface area contributed by atoms with Gasteiger partial charge in [0, 0.05) is 125 Å². The Labute approximate surface area is 796 Å². The van der Waals surface area contributed by atoms with Gasteiger partial charge in [-0.15, -0.1) is 11.8 Å². The van der Waals surface area contributed by atoms with E-state index in [1.165, 1.54) is 64.7 Å². The number of aromatic nitrogens is 3. The summed E-state index contributed by atoms with van der Waals surface area (Å²) >= 11 is 0.761. The summed E-state index contributed by atoms with van der Waals surface area (Å²) < 4.78 is 0. The van der Waals surface area contributed by atoms with Crippen molar-refractivity contribution < 1.29 is 96.8 Å². The minimum Gasteiger partial charge on any atom is -0.508 e. The van der Waals surface area contributed by atoms with Crippen LogP contribution in [-0.2, 0) is 107 Å². The number of para-hydroxylation sites is 2. The molecule has 43 nitrogen and oxygen atoms in total. The summed E-state index contributed by atoms with van der Waals surface area (Å²) in [6, 6.07) is 0.939. The van der Waals surface area contributed by atoms with E-state index in [9.17, 15) is 58.5 Å². The number of primary amides is 2. The van der Waals surface area contributed by atoms with Gasteiger partial charge in [0.1, 0.15) is 90.3 Å². The maximum atomic E-state index is 15.8. The number of hydrogen-bond acceptors (Lipinski definition) is 23. The van der Waals surface area contributed by atoms with Crippen LogP contribution in [0.25, 0.3) is 21.8 Å². The third-order valence-electron chi connectivity index (χ3n) is 24.5. The van der Waals surface area contributed by atoms with Crippen LogP contribution >= 0.6 is 11.8 Å². The third kappa shape index (κ3) is 30.1. The molecular weight excluding hydrogens is 1790 g/mol. The van der Waals surface area contributed by atoms with Crippen molar-refractivity contribution in [3.05, 3.63) is 132 Å². The first-order valence-electron chi connectivity index (χ1n) is 46.0. The van der Waals surface area contributed by atoms with Crippen LogP contribution < -0.4 is 75.7 Å². The largest absolute Gasteiger partial charge is 0.508 e. The fraction of sp³-hybridized carbons (Fsp3) is 0.516. The highest BCUT2D eigenvalue weighted by Gasteiger charge is 2.47. The molecule has 0 radical (unpaired) electrons. The normalized spacial score (nSPS) is 24.5. The highest BCUT2D eigenvalue weighted by molar-refractivity contribution is 8.00. The first-order chi connectivity index (χ1) is 65.3. The highest BCUT2D eigenvalue weighted by atomic mass is 32.2. The van der Waals surface area contributed by atoms with Gasteiger partial charge in [-0.3, -0.25) is 91.9 Å². The maximum Gasteiger partial charge on any atom is 0.246 e. The summed E-state index contributed by atoms with van der Waals surface area (Å²) in [5, 5.41) is 71.3. The number of phenolic OH excluding ortho intramolecular Hbond substituents is 1. The molecule has 3 aromatic carbocycles. The number of aliphatic hydroxyl groups is 2. The predicted octanol–water partition coefficient (Wildman–Crippen LogP) is -2.26. The number of nitrogens with zero attached hydrogens (tertiary/aromatic N) is 6. The molecule has 0 aliphatic carbocycles. The second-order valence-corrected chi connectivity index (χ2v) is 36.3. The molecule has 0 bridgehead atoms. The fourth-order valence-electron chi connectivity index (χ4n) is 16.9. The third-order valence-corrected chi connectivity index (χ3v) is 25.5. The molecule has 15 atom stereocenters. The summed E-state index contributed by atoms with van der Waals surface area (Å²) in [6.45, 7) is 6.02. The van der Waals surface area contributed by atoms with Crippen LogP contribution in [0.2, 0.25) is 0 Å². The molecule has 3 aliphatic heterocycles. The van der Waals surface area contributed by atoms with Gasteiger partial charge >= 0.3 is 0 Å². The number of rotatable bonds is 26. The van der Waals surface area contributed by atoms with Crippen molar-refractivity contribution in [1.82, 2.24) is 97.9 Å². The molecule has 3 saturated heterocycles. The minimum absolute atomic E-state index is 0.0130.